The third kappa shape index (κ3) is 5.37. The van der Waals surface area contributed by atoms with Crippen molar-refractivity contribution in [3.63, 3.8) is 0 Å². The number of anilines is 1. The van der Waals surface area contributed by atoms with Gasteiger partial charge in [-0.25, -0.2) is 0 Å². The van der Waals surface area contributed by atoms with Crippen LogP contribution in [-0.4, -0.2) is 20.3 Å². The number of hydrogen-bond donors (Lipinski definition) is 0. The van der Waals surface area contributed by atoms with Crippen LogP contribution in [0.25, 0.3) is 11.3 Å². The van der Waals surface area contributed by atoms with Crippen LogP contribution in [0.1, 0.15) is 30.4 Å². The molecule has 0 fully saturated rings. The number of nitrogens with zero attached hydrogens (tertiary/aromatic N) is 2. The summed E-state index contributed by atoms with van der Waals surface area (Å²) in [6, 6.07) is 26.5. The molecular weight excluding hydrogens is 464 g/mol. The van der Waals surface area contributed by atoms with Gasteiger partial charge in [0.2, 0.25) is 0 Å². The first-order valence-electron chi connectivity index (χ1n) is 12.2. The predicted molar refractivity (Wildman–Crippen MR) is 153 cm³/mol. The van der Waals surface area contributed by atoms with Gasteiger partial charge in [0.15, 0.2) is 0 Å². The molecule has 0 N–H and O–H groups in total. The Bertz CT molecular complexity index is 1400. The lowest BCUT2D eigenvalue weighted by Gasteiger charge is -2.23. The minimum Gasteiger partial charge on any atom is -0.456 e. The Morgan fingerprint density at radius 1 is 0.889 bits per heavy atom. The molecular formula is C32H29ClN2O. The molecule has 3 nitrogen and oxygen atoms in total. The molecule has 36 heavy (non-hydrogen) atoms. The highest BCUT2D eigenvalue weighted by Gasteiger charge is 2.19. The van der Waals surface area contributed by atoms with E-state index in [1.165, 1.54) is 0 Å². The summed E-state index contributed by atoms with van der Waals surface area (Å²) in [6.07, 6.45) is 11.3. The van der Waals surface area contributed by atoms with Gasteiger partial charge in [-0.3, -0.25) is 4.99 Å². The van der Waals surface area contributed by atoms with E-state index in [2.05, 4.69) is 58.5 Å². The van der Waals surface area contributed by atoms with E-state index in [1.807, 2.05) is 68.8 Å². The molecule has 3 aromatic rings. The molecule has 1 heterocycles. The maximum atomic E-state index is 6.86. The van der Waals surface area contributed by atoms with Gasteiger partial charge in [-0.1, -0.05) is 72.3 Å². The number of ether oxygens (including phenoxy) is 1. The van der Waals surface area contributed by atoms with Gasteiger partial charge in [0.05, 0.1) is 5.69 Å². The summed E-state index contributed by atoms with van der Waals surface area (Å²) >= 11 is 6.86. The van der Waals surface area contributed by atoms with E-state index in [4.69, 9.17) is 16.3 Å². The van der Waals surface area contributed by atoms with Crippen LogP contribution in [0.3, 0.4) is 0 Å². The van der Waals surface area contributed by atoms with E-state index in [-0.39, 0.29) is 0 Å². The molecule has 0 unspecified atom stereocenters. The molecule has 3 aromatic carbocycles. The number of benzene rings is 3. The smallest absolute Gasteiger partial charge is 0.137 e. The molecule has 4 heteroatoms. The Morgan fingerprint density at radius 2 is 1.64 bits per heavy atom. The maximum absolute atomic E-state index is 6.86. The highest BCUT2D eigenvalue weighted by atomic mass is 35.5. The zero-order chi connectivity index (χ0) is 24.9. The van der Waals surface area contributed by atoms with Crippen LogP contribution in [-0.2, 0) is 0 Å². The average Bonchev–Trinajstić information content (AvgIpc) is 2.92. The van der Waals surface area contributed by atoms with Crippen molar-refractivity contribution in [3.8, 4) is 5.75 Å². The van der Waals surface area contributed by atoms with Crippen LogP contribution in [0.5, 0.6) is 5.75 Å². The Morgan fingerprint density at radius 3 is 2.39 bits per heavy atom. The number of para-hydroxylation sites is 1. The number of halogens is 1. The maximum Gasteiger partial charge on any atom is 0.137 e. The lowest BCUT2D eigenvalue weighted by molar-refractivity contribution is 0.509. The van der Waals surface area contributed by atoms with Gasteiger partial charge in [0, 0.05) is 48.2 Å². The standard InChI is InChI=1S/C32H29ClN2O/c1-35(2)28-18-19-29-25(20-30(36-31(29)21-28)23-10-5-3-6-11-23)17-16-24-12-9-13-26(32(24)33)22-34-27-14-7-4-8-15-27/h3-8,10-11,14-22H,9,12-13H2,1-2H3/b24-16+,25-17+,34-22?. The van der Waals surface area contributed by atoms with E-state index in [1.54, 1.807) is 0 Å². The second-order valence-electron chi connectivity index (χ2n) is 9.15. The Balaban J connectivity index is 1.51. The van der Waals surface area contributed by atoms with Gasteiger partial charge in [0.1, 0.15) is 11.5 Å². The van der Waals surface area contributed by atoms with Crippen molar-refractivity contribution in [2.24, 2.45) is 4.99 Å². The normalized spacial score (nSPS) is 17.8. The Kier molecular flexibility index (Phi) is 7.20. The Hall–Kier alpha value is -3.82. The first-order valence-corrected chi connectivity index (χ1v) is 12.6. The monoisotopic (exact) mass is 492 g/mol. The summed E-state index contributed by atoms with van der Waals surface area (Å²) in [6.45, 7) is 0. The van der Waals surface area contributed by atoms with Crippen LogP contribution < -0.4 is 9.64 Å². The number of allylic oxidation sites excluding steroid dienone is 7. The van der Waals surface area contributed by atoms with E-state index in [0.717, 1.165) is 75.0 Å². The second kappa shape index (κ2) is 10.8. The first kappa shape index (κ1) is 23.9. The van der Waals surface area contributed by atoms with Crippen molar-refractivity contribution in [2.75, 3.05) is 19.0 Å². The molecule has 1 aliphatic heterocycles. The molecule has 0 atom stereocenters. The SMILES string of the molecule is CN(C)c1ccc2c(c1)OC(c1ccccc1)=C/C2=C\C=C1/CCCC(C=Nc2ccccc2)=C1Cl. The fraction of sp³-hybridized carbons (Fsp3) is 0.156. The zero-order valence-electron chi connectivity index (χ0n) is 20.6. The summed E-state index contributed by atoms with van der Waals surface area (Å²) in [4.78, 5) is 6.70. The van der Waals surface area contributed by atoms with Crippen LogP contribution in [0, 0.1) is 0 Å². The molecule has 5 rings (SSSR count). The zero-order valence-corrected chi connectivity index (χ0v) is 21.4. The fourth-order valence-electron chi connectivity index (χ4n) is 4.39. The van der Waals surface area contributed by atoms with Crippen molar-refractivity contribution < 1.29 is 4.74 Å². The molecule has 1 aliphatic carbocycles. The topological polar surface area (TPSA) is 24.8 Å². The van der Waals surface area contributed by atoms with Gasteiger partial charge < -0.3 is 9.64 Å². The highest BCUT2D eigenvalue weighted by Crippen LogP contribution is 2.40. The third-order valence-electron chi connectivity index (χ3n) is 6.40. The Labute approximate surface area is 218 Å². The van der Waals surface area contributed by atoms with Crippen molar-refractivity contribution >= 4 is 40.5 Å². The molecule has 0 saturated heterocycles. The lowest BCUT2D eigenvalue weighted by atomic mass is 9.93. The van der Waals surface area contributed by atoms with Gasteiger partial charge in [-0.05, 0) is 66.3 Å². The molecule has 0 radical (unpaired) electrons. The van der Waals surface area contributed by atoms with E-state index in [0.29, 0.717) is 0 Å². The number of rotatable bonds is 5. The van der Waals surface area contributed by atoms with Crippen molar-refractivity contribution in [1.29, 1.82) is 0 Å². The molecule has 0 amide bonds. The van der Waals surface area contributed by atoms with Crippen molar-refractivity contribution in [3.05, 3.63) is 124 Å². The molecule has 0 spiro atoms. The summed E-state index contributed by atoms with van der Waals surface area (Å²) in [5.74, 6) is 1.69. The third-order valence-corrected chi connectivity index (χ3v) is 6.89. The number of fused-ring (bicyclic) bond motifs is 1. The summed E-state index contributed by atoms with van der Waals surface area (Å²) in [7, 11) is 4.07. The minimum atomic E-state index is 0.806. The molecule has 2 aliphatic rings. The quantitative estimate of drug-likeness (QED) is 0.333. The van der Waals surface area contributed by atoms with Gasteiger partial charge in [-0.15, -0.1) is 0 Å². The van der Waals surface area contributed by atoms with E-state index >= 15 is 0 Å². The predicted octanol–water partition coefficient (Wildman–Crippen LogP) is 8.58. The van der Waals surface area contributed by atoms with Crippen LogP contribution in [0.4, 0.5) is 11.4 Å². The van der Waals surface area contributed by atoms with Crippen LogP contribution in [0.15, 0.2) is 118 Å². The van der Waals surface area contributed by atoms with Gasteiger partial charge in [0.25, 0.3) is 0 Å². The summed E-state index contributed by atoms with van der Waals surface area (Å²) in [5, 5.41) is 0.806. The largest absolute Gasteiger partial charge is 0.456 e. The molecule has 180 valence electrons. The van der Waals surface area contributed by atoms with Crippen LogP contribution >= 0.6 is 11.6 Å². The molecule has 0 bridgehead atoms. The van der Waals surface area contributed by atoms with E-state index < -0.39 is 0 Å². The highest BCUT2D eigenvalue weighted by molar-refractivity contribution is 6.33. The van der Waals surface area contributed by atoms with Crippen molar-refractivity contribution in [1.82, 2.24) is 0 Å². The molecule has 0 aromatic heterocycles. The fourth-order valence-corrected chi connectivity index (χ4v) is 4.69. The van der Waals surface area contributed by atoms with Gasteiger partial charge in [-0.2, -0.15) is 0 Å². The average molecular weight is 493 g/mol. The summed E-state index contributed by atoms with van der Waals surface area (Å²) in [5.41, 5.74) is 7.47. The lowest BCUT2D eigenvalue weighted by Crippen LogP contribution is -2.10. The van der Waals surface area contributed by atoms with Crippen LogP contribution in [0.2, 0.25) is 0 Å². The summed E-state index contributed by atoms with van der Waals surface area (Å²) < 4.78 is 6.36. The van der Waals surface area contributed by atoms with E-state index in [9.17, 15) is 0 Å². The van der Waals surface area contributed by atoms with Crippen molar-refractivity contribution in [2.45, 2.75) is 19.3 Å². The second-order valence-corrected chi connectivity index (χ2v) is 9.53. The first-order chi connectivity index (χ1) is 17.6. The van der Waals surface area contributed by atoms with Gasteiger partial charge >= 0.3 is 0 Å². The number of aliphatic imine (C=N–C) groups is 1. The molecule has 0 saturated carbocycles. The number of hydrogen-bond acceptors (Lipinski definition) is 3. The minimum absolute atomic E-state index is 0.806.